The van der Waals surface area contributed by atoms with Gasteiger partial charge in [-0.2, -0.15) is 0 Å². The van der Waals surface area contributed by atoms with E-state index in [9.17, 15) is 9.59 Å². The van der Waals surface area contributed by atoms with Crippen molar-refractivity contribution in [2.24, 2.45) is 0 Å². The molecule has 0 aliphatic rings. The highest BCUT2D eigenvalue weighted by atomic mass is 35.5. The van der Waals surface area contributed by atoms with Gasteiger partial charge in [-0.25, -0.2) is 0 Å². The Morgan fingerprint density at radius 1 is 1.42 bits per heavy atom. The van der Waals surface area contributed by atoms with E-state index in [1.54, 1.807) is 12.1 Å². The summed E-state index contributed by atoms with van der Waals surface area (Å²) in [5, 5.41) is 11.8. The lowest BCUT2D eigenvalue weighted by atomic mass is 10.1. The molecule has 4 nitrogen and oxygen atoms in total. The molecular weight excluding hydrogens is 266 g/mol. The Morgan fingerprint density at radius 2 is 2.11 bits per heavy atom. The maximum atomic E-state index is 12.0. The largest absolute Gasteiger partial charge is 0.481 e. The Balaban J connectivity index is 2.52. The van der Waals surface area contributed by atoms with Crippen LogP contribution >= 0.6 is 11.6 Å². The van der Waals surface area contributed by atoms with Gasteiger partial charge >= 0.3 is 5.97 Å². The maximum absolute atomic E-state index is 12.0. The van der Waals surface area contributed by atoms with E-state index in [0.29, 0.717) is 23.4 Å². The van der Waals surface area contributed by atoms with Crippen molar-refractivity contribution in [1.82, 2.24) is 5.32 Å². The van der Waals surface area contributed by atoms with Gasteiger partial charge in [-0.1, -0.05) is 17.7 Å². The van der Waals surface area contributed by atoms with E-state index < -0.39 is 5.97 Å². The average molecular weight is 284 g/mol. The molecule has 104 valence electrons. The number of carbonyl (C=O) groups excluding carboxylic acids is 1. The molecule has 0 aromatic heterocycles. The van der Waals surface area contributed by atoms with E-state index in [4.69, 9.17) is 16.7 Å². The highest BCUT2D eigenvalue weighted by molar-refractivity contribution is 6.33. The lowest BCUT2D eigenvalue weighted by Gasteiger charge is -2.14. The number of aliphatic carboxylic acids is 1. The number of aryl methyl sites for hydroxylation is 1. The van der Waals surface area contributed by atoms with Crippen LogP contribution < -0.4 is 5.32 Å². The zero-order chi connectivity index (χ0) is 14.4. The van der Waals surface area contributed by atoms with E-state index in [0.717, 1.165) is 5.56 Å². The molecule has 5 heteroatoms. The topological polar surface area (TPSA) is 66.4 Å². The summed E-state index contributed by atoms with van der Waals surface area (Å²) in [6.45, 7) is 3.75. The first kappa shape index (κ1) is 15.5. The molecule has 0 spiro atoms. The Morgan fingerprint density at radius 3 is 2.68 bits per heavy atom. The second kappa shape index (κ2) is 7.14. The molecule has 0 saturated carbocycles. The van der Waals surface area contributed by atoms with E-state index >= 15 is 0 Å². The van der Waals surface area contributed by atoms with Gasteiger partial charge in [0.25, 0.3) is 5.91 Å². The first-order chi connectivity index (χ1) is 8.90. The van der Waals surface area contributed by atoms with Crippen LogP contribution in [-0.2, 0) is 4.79 Å². The number of benzene rings is 1. The van der Waals surface area contributed by atoms with Crippen LogP contribution in [0.5, 0.6) is 0 Å². The second-order valence-corrected chi connectivity index (χ2v) is 5.05. The molecule has 0 saturated heterocycles. The summed E-state index contributed by atoms with van der Waals surface area (Å²) >= 11 is 6.02. The molecule has 2 N–H and O–H groups in total. The monoisotopic (exact) mass is 283 g/mol. The highest BCUT2D eigenvalue weighted by Gasteiger charge is 2.13. The number of halogens is 1. The first-order valence-corrected chi connectivity index (χ1v) is 6.56. The third-order valence-corrected chi connectivity index (χ3v) is 3.09. The maximum Gasteiger partial charge on any atom is 0.303 e. The van der Waals surface area contributed by atoms with Gasteiger partial charge in [0.05, 0.1) is 10.6 Å². The summed E-state index contributed by atoms with van der Waals surface area (Å²) < 4.78 is 0. The third kappa shape index (κ3) is 5.30. The minimum absolute atomic E-state index is 0.0794. The minimum atomic E-state index is -0.819. The van der Waals surface area contributed by atoms with E-state index in [-0.39, 0.29) is 18.4 Å². The normalized spacial score (nSPS) is 11.9. The lowest BCUT2D eigenvalue weighted by molar-refractivity contribution is -0.137. The Kier molecular flexibility index (Phi) is 5.83. The fourth-order valence-corrected chi connectivity index (χ4v) is 2.06. The molecule has 0 aliphatic carbocycles. The van der Waals surface area contributed by atoms with Crippen molar-refractivity contribution in [1.29, 1.82) is 0 Å². The van der Waals surface area contributed by atoms with Gasteiger partial charge in [-0.15, -0.1) is 0 Å². The minimum Gasteiger partial charge on any atom is -0.481 e. The van der Waals surface area contributed by atoms with Gasteiger partial charge in [0, 0.05) is 12.5 Å². The number of carboxylic acids is 1. The summed E-state index contributed by atoms with van der Waals surface area (Å²) in [5.41, 5.74) is 1.44. The zero-order valence-electron chi connectivity index (χ0n) is 11.1. The van der Waals surface area contributed by atoms with Gasteiger partial charge in [-0.05, 0) is 44.4 Å². The van der Waals surface area contributed by atoms with E-state index in [2.05, 4.69) is 5.32 Å². The van der Waals surface area contributed by atoms with Crippen molar-refractivity contribution in [2.45, 2.75) is 39.2 Å². The molecule has 1 rings (SSSR count). The van der Waals surface area contributed by atoms with Crippen molar-refractivity contribution < 1.29 is 14.7 Å². The van der Waals surface area contributed by atoms with Gasteiger partial charge in [0.15, 0.2) is 0 Å². The number of nitrogens with one attached hydrogen (secondary N) is 1. The highest BCUT2D eigenvalue weighted by Crippen LogP contribution is 2.17. The molecule has 1 unspecified atom stereocenters. The fourth-order valence-electron chi connectivity index (χ4n) is 1.74. The number of rotatable bonds is 6. The van der Waals surface area contributed by atoms with Gasteiger partial charge < -0.3 is 10.4 Å². The van der Waals surface area contributed by atoms with Crippen molar-refractivity contribution in [3.63, 3.8) is 0 Å². The molecule has 0 aliphatic heterocycles. The van der Waals surface area contributed by atoms with Crippen LogP contribution in [0.3, 0.4) is 0 Å². The molecular formula is C14H18ClNO3. The number of hydrogen-bond donors (Lipinski definition) is 2. The summed E-state index contributed by atoms with van der Waals surface area (Å²) in [7, 11) is 0. The number of carboxylic acid groups (broad SMARTS) is 1. The fraction of sp³-hybridized carbons (Fsp3) is 0.429. The lowest BCUT2D eigenvalue weighted by Crippen LogP contribution is -2.32. The van der Waals surface area contributed by atoms with Crippen LogP contribution in [0.25, 0.3) is 0 Å². The van der Waals surface area contributed by atoms with Crippen molar-refractivity contribution >= 4 is 23.5 Å². The molecule has 0 heterocycles. The smallest absolute Gasteiger partial charge is 0.303 e. The summed E-state index contributed by atoms with van der Waals surface area (Å²) in [6, 6.07) is 5.18. The molecule has 1 aromatic rings. The van der Waals surface area contributed by atoms with Crippen LogP contribution in [-0.4, -0.2) is 23.0 Å². The average Bonchev–Trinajstić information content (AvgIpc) is 2.27. The van der Waals surface area contributed by atoms with Crippen LogP contribution in [0.1, 0.15) is 42.1 Å². The summed E-state index contributed by atoms with van der Waals surface area (Å²) in [6.07, 6.45) is 1.28. The van der Waals surface area contributed by atoms with E-state index in [1.807, 2.05) is 19.9 Å². The molecule has 19 heavy (non-hydrogen) atoms. The van der Waals surface area contributed by atoms with Gasteiger partial charge in [0.2, 0.25) is 0 Å². The van der Waals surface area contributed by atoms with Crippen molar-refractivity contribution in [3.05, 3.63) is 34.3 Å². The standard InChI is InChI=1S/C14H18ClNO3/c1-9-6-7-11(12(15)8-9)14(19)16-10(2)4-3-5-13(17)18/h6-8,10H,3-5H2,1-2H3,(H,16,19)(H,17,18). The number of amides is 1. The zero-order valence-corrected chi connectivity index (χ0v) is 11.8. The Hall–Kier alpha value is -1.55. The molecule has 0 radical (unpaired) electrons. The predicted molar refractivity (Wildman–Crippen MR) is 74.6 cm³/mol. The van der Waals surface area contributed by atoms with E-state index in [1.165, 1.54) is 0 Å². The predicted octanol–water partition coefficient (Wildman–Crippen LogP) is 3.02. The molecule has 0 fully saturated rings. The second-order valence-electron chi connectivity index (χ2n) is 4.64. The Labute approximate surface area is 117 Å². The van der Waals surface area contributed by atoms with Crippen LogP contribution in [0.2, 0.25) is 5.02 Å². The van der Waals surface area contributed by atoms with Gasteiger partial charge in [0.1, 0.15) is 0 Å². The van der Waals surface area contributed by atoms with Gasteiger partial charge in [-0.3, -0.25) is 9.59 Å². The summed E-state index contributed by atoms with van der Waals surface area (Å²) in [5.74, 6) is -1.05. The quantitative estimate of drug-likeness (QED) is 0.843. The molecule has 1 atom stereocenters. The van der Waals surface area contributed by atoms with Crippen LogP contribution in [0, 0.1) is 6.92 Å². The molecule has 1 amide bonds. The third-order valence-electron chi connectivity index (χ3n) is 2.77. The molecule has 1 aromatic carbocycles. The Bertz CT molecular complexity index is 474. The van der Waals surface area contributed by atoms with Crippen LogP contribution in [0.15, 0.2) is 18.2 Å². The summed E-state index contributed by atoms with van der Waals surface area (Å²) in [4.78, 5) is 22.4. The number of hydrogen-bond acceptors (Lipinski definition) is 2. The first-order valence-electron chi connectivity index (χ1n) is 6.19. The molecule has 0 bridgehead atoms. The van der Waals surface area contributed by atoms with Crippen molar-refractivity contribution in [2.75, 3.05) is 0 Å². The number of carbonyl (C=O) groups is 2. The van der Waals surface area contributed by atoms with Crippen molar-refractivity contribution in [3.8, 4) is 0 Å². The SMILES string of the molecule is Cc1ccc(C(=O)NC(C)CCCC(=O)O)c(Cl)c1. The van der Waals surface area contributed by atoms with Crippen LogP contribution in [0.4, 0.5) is 0 Å².